The molecular weight excluding hydrogens is 352 g/mol. The summed E-state index contributed by atoms with van der Waals surface area (Å²) in [5.74, 6) is -0.143. The van der Waals surface area contributed by atoms with Gasteiger partial charge in [-0.2, -0.15) is 9.90 Å². The van der Waals surface area contributed by atoms with E-state index < -0.39 is 0 Å². The summed E-state index contributed by atoms with van der Waals surface area (Å²) in [4.78, 5) is 16.3. The van der Waals surface area contributed by atoms with Crippen molar-refractivity contribution in [3.63, 3.8) is 0 Å². The molecule has 1 fully saturated rings. The molecular formula is C18H12N4OS2. The summed E-state index contributed by atoms with van der Waals surface area (Å²) >= 11 is 6.63. The topological polar surface area (TPSA) is 51.0 Å². The van der Waals surface area contributed by atoms with Gasteiger partial charge >= 0.3 is 0 Å². The first-order chi connectivity index (χ1) is 12.2. The lowest BCUT2D eigenvalue weighted by molar-refractivity contribution is -0.113. The molecule has 25 heavy (non-hydrogen) atoms. The second-order valence-electron chi connectivity index (χ2n) is 5.25. The molecule has 0 bridgehead atoms. The van der Waals surface area contributed by atoms with E-state index in [0.717, 1.165) is 11.4 Å². The number of benzene rings is 2. The Morgan fingerprint density at radius 3 is 2.28 bits per heavy atom. The molecule has 0 radical (unpaired) electrons. The minimum Gasteiger partial charge on any atom is -0.268 e. The van der Waals surface area contributed by atoms with E-state index in [1.165, 1.54) is 21.5 Å². The lowest BCUT2D eigenvalue weighted by atomic mass is 10.3. The molecule has 5 nitrogen and oxygen atoms in total. The van der Waals surface area contributed by atoms with Crippen LogP contribution in [0.4, 0.5) is 5.69 Å². The number of carbonyl (C=O) groups excluding carboxylic acids is 1. The van der Waals surface area contributed by atoms with Crippen LogP contribution in [0.15, 0.2) is 71.8 Å². The Labute approximate surface area is 154 Å². The van der Waals surface area contributed by atoms with Crippen LogP contribution in [0.5, 0.6) is 0 Å². The number of hydrogen-bond donors (Lipinski definition) is 0. The van der Waals surface area contributed by atoms with Gasteiger partial charge in [-0.3, -0.25) is 9.69 Å². The second kappa shape index (κ2) is 6.62. The van der Waals surface area contributed by atoms with Crippen LogP contribution >= 0.6 is 24.0 Å². The van der Waals surface area contributed by atoms with Gasteiger partial charge in [-0.05, 0) is 30.3 Å². The Bertz CT molecular complexity index is 967. The van der Waals surface area contributed by atoms with Crippen molar-refractivity contribution in [2.24, 2.45) is 0 Å². The fraction of sp³-hybridized carbons (Fsp3) is 0. The van der Waals surface area contributed by atoms with Crippen LogP contribution in [0, 0.1) is 0 Å². The zero-order valence-corrected chi connectivity index (χ0v) is 14.6. The van der Waals surface area contributed by atoms with E-state index in [1.807, 2.05) is 60.7 Å². The van der Waals surface area contributed by atoms with Gasteiger partial charge in [0.1, 0.15) is 5.69 Å². The van der Waals surface area contributed by atoms with Gasteiger partial charge in [0.05, 0.1) is 22.5 Å². The van der Waals surface area contributed by atoms with Crippen LogP contribution in [0.3, 0.4) is 0 Å². The normalized spacial score (nSPS) is 16.0. The molecule has 0 spiro atoms. The Balaban J connectivity index is 1.62. The van der Waals surface area contributed by atoms with Crippen LogP contribution < -0.4 is 4.90 Å². The SMILES string of the molecule is O=C1/C(=C\c2cnn(-c3ccccc3)n2)SC(=S)N1c1ccccc1. The number of para-hydroxylation sites is 2. The molecule has 122 valence electrons. The number of thioether (sulfide) groups is 1. The molecule has 1 aromatic heterocycles. The predicted molar refractivity (Wildman–Crippen MR) is 103 cm³/mol. The zero-order valence-electron chi connectivity index (χ0n) is 12.9. The lowest BCUT2D eigenvalue weighted by Crippen LogP contribution is -2.27. The van der Waals surface area contributed by atoms with E-state index in [1.54, 1.807) is 12.3 Å². The van der Waals surface area contributed by atoms with Gasteiger partial charge in [0.2, 0.25) is 0 Å². The molecule has 0 aliphatic carbocycles. The number of rotatable bonds is 3. The van der Waals surface area contributed by atoms with Gasteiger partial charge in [-0.25, -0.2) is 0 Å². The Morgan fingerprint density at radius 1 is 0.960 bits per heavy atom. The minimum absolute atomic E-state index is 0.143. The van der Waals surface area contributed by atoms with Crippen molar-refractivity contribution in [3.8, 4) is 5.69 Å². The van der Waals surface area contributed by atoms with E-state index in [9.17, 15) is 4.79 Å². The molecule has 0 N–H and O–H groups in total. The first kappa shape index (κ1) is 15.7. The van der Waals surface area contributed by atoms with Gasteiger partial charge in [0.25, 0.3) is 5.91 Å². The molecule has 4 rings (SSSR count). The van der Waals surface area contributed by atoms with Crippen LogP contribution in [0.1, 0.15) is 5.69 Å². The van der Waals surface area contributed by atoms with Crippen LogP contribution in [-0.4, -0.2) is 25.2 Å². The molecule has 1 aliphatic heterocycles. The van der Waals surface area contributed by atoms with Crippen LogP contribution in [0.2, 0.25) is 0 Å². The van der Waals surface area contributed by atoms with Crippen LogP contribution in [-0.2, 0) is 4.79 Å². The quantitative estimate of drug-likeness (QED) is 0.524. The van der Waals surface area contributed by atoms with Crippen molar-refractivity contribution in [2.45, 2.75) is 0 Å². The monoisotopic (exact) mass is 364 g/mol. The summed E-state index contributed by atoms with van der Waals surface area (Å²) in [6.45, 7) is 0. The summed E-state index contributed by atoms with van der Waals surface area (Å²) < 4.78 is 0.512. The lowest BCUT2D eigenvalue weighted by Gasteiger charge is -2.13. The number of nitrogens with zero attached hydrogens (tertiary/aromatic N) is 4. The maximum absolute atomic E-state index is 12.7. The van der Waals surface area contributed by atoms with Gasteiger partial charge in [-0.15, -0.1) is 5.10 Å². The summed E-state index contributed by atoms with van der Waals surface area (Å²) in [7, 11) is 0. The van der Waals surface area contributed by atoms with E-state index in [2.05, 4.69) is 10.2 Å². The summed E-state index contributed by atoms with van der Waals surface area (Å²) in [6.07, 6.45) is 3.34. The van der Waals surface area contributed by atoms with Gasteiger partial charge in [0, 0.05) is 0 Å². The third-order valence-corrected chi connectivity index (χ3v) is 4.89. The average molecular weight is 364 g/mol. The fourth-order valence-electron chi connectivity index (χ4n) is 2.43. The molecule has 0 saturated carbocycles. The van der Waals surface area contributed by atoms with Gasteiger partial charge in [-0.1, -0.05) is 60.4 Å². The third-order valence-electron chi connectivity index (χ3n) is 3.58. The Morgan fingerprint density at radius 2 is 1.60 bits per heavy atom. The van der Waals surface area contributed by atoms with Crippen molar-refractivity contribution in [2.75, 3.05) is 4.90 Å². The molecule has 1 amide bonds. The maximum Gasteiger partial charge on any atom is 0.270 e. The number of carbonyl (C=O) groups is 1. The molecule has 1 aliphatic rings. The zero-order chi connectivity index (χ0) is 17.2. The third kappa shape index (κ3) is 3.11. The van der Waals surface area contributed by atoms with Crippen molar-refractivity contribution in [1.82, 2.24) is 15.0 Å². The summed E-state index contributed by atoms with van der Waals surface area (Å²) in [5.41, 5.74) is 2.23. The molecule has 1 saturated heterocycles. The van der Waals surface area contributed by atoms with Gasteiger partial charge in [0.15, 0.2) is 4.32 Å². The highest BCUT2D eigenvalue weighted by molar-refractivity contribution is 8.27. The maximum atomic E-state index is 12.7. The molecule has 3 aromatic rings. The molecule has 2 aromatic carbocycles. The number of amides is 1. The van der Waals surface area contributed by atoms with E-state index >= 15 is 0 Å². The first-order valence-electron chi connectivity index (χ1n) is 7.53. The number of thiocarbonyl (C=S) groups is 1. The molecule has 0 atom stereocenters. The largest absolute Gasteiger partial charge is 0.270 e. The van der Waals surface area contributed by atoms with E-state index in [0.29, 0.717) is 14.9 Å². The van der Waals surface area contributed by atoms with E-state index in [-0.39, 0.29) is 5.91 Å². The second-order valence-corrected chi connectivity index (χ2v) is 6.92. The Kier molecular flexibility index (Phi) is 4.17. The Hall–Kier alpha value is -2.77. The highest BCUT2D eigenvalue weighted by Gasteiger charge is 2.33. The summed E-state index contributed by atoms with van der Waals surface area (Å²) in [6, 6.07) is 19.0. The highest BCUT2D eigenvalue weighted by Crippen LogP contribution is 2.35. The number of hydrogen-bond acceptors (Lipinski definition) is 5. The van der Waals surface area contributed by atoms with Crippen molar-refractivity contribution >= 4 is 46.0 Å². The predicted octanol–water partition coefficient (Wildman–Crippen LogP) is 3.67. The van der Waals surface area contributed by atoms with Crippen molar-refractivity contribution in [3.05, 3.63) is 77.5 Å². The standard InChI is InChI=1S/C18H12N4OS2/c23-17-16(25-18(24)21(17)14-7-3-1-4-8-14)11-13-12-19-22(20-13)15-9-5-2-6-10-15/h1-12H/b16-11+. The van der Waals surface area contributed by atoms with E-state index in [4.69, 9.17) is 12.2 Å². The minimum atomic E-state index is -0.143. The summed E-state index contributed by atoms with van der Waals surface area (Å²) in [5, 5.41) is 8.65. The molecule has 2 heterocycles. The number of aromatic nitrogens is 3. The first-order valence-corrected chi connectivity index (χ1v) is 8.75. The average Bonchev–Trinajstić information content (AvgIpc) is 3.22. The molecule has 0 unspecified atom stereocenters. The molecule has 7 heteroatoms. The number of anilines is 1. The smallest absolute Gasteiger partial charge is 0.268 e. The highest BCUT2D eigenvalue weighted by atomic mass is 32.2. The van der Waals surface area contributed by atoms with Crippen LogP contribution in [0.25, 0.3) is 11.8 Å². The van der Waals surface area contributed by atoms with Crippen molar-refractivity contribution in [1.29, 1.82) is 0 Å². The van der Waals surface area contributed by atoms with Crippen molar-refractivity contribution < 1.29 is 4.79 Å². The van der Waals surface area contributed by atoms with Gasteiger partial charge < -0.3 is 0 Å². The fourth-order valence-corrected chi connectivity index (χ4v) is 3.71.